The van der Waals surface area contributed by atoms with Gasteiger partial charge in [0.05, 0.1) is 10.6 Å². The Hall–Kier alpha value is -2.04. The number of halogens is 3. The normalized spacial score (nSPS) is 10.8. The summed E-state index contributed by atoms with van der Waals surface area (Å²) in [5.74, 6) is -0.0156. The molecule has 0 atom stereocenters. The lowest BCUT2D eigenvalue weighted by molar-refractivity contribution is 0.436. The fraction of sp³-hybridized carbons (Fsp3) is 0. The molecule has 2 N–H and O–H groups in total. The summed E-state index contributed by atoms with van der Waals surface area (Å²) < 4.78 is 18.9. The van der Waals surface area contributed by atoms with E-state index in [1.807, 2.05) is 0 Å². The summed E-state index contributed by atoms with van der Waals surface area (Å²) in [5.41, 5.74) is 7.57. The summed E-state index contributed by atoms with van der Waals surface area (Å²) in [6.45, 7) is 0. The molecule has 106 valence electrons. The molecule has 3 nitrogen and oxygen atoms in total. The highest BCUT2D eigenvalue weighted by Gasteiger charge is 2.20. The van der Waals surface area contributed by atoms with E-state index in [9.17, 15) is 4.39 Å². The maximum atomic E-state index is 13.6. The highest BCUT2D eigenvalue weighted by molar-refractivity contribution is 6.33. The smallest absolute Gasteiger partial charge is 0.178 e. The zero-order chi connectivity index (χ0) is 15.0. The summed E-state index contributed by atoms with van der Waals surface area (Å²) in [5, 5.41) is 4.31. The van der Waals surface area contributed by atoms with Crippen molar-refractivity contribution in [2.75, 3.05) is 5.73 Å². The largest absolute Gasteiger partial charge is 0.380 e. The van der Waals surface area contributed by atoms with Crippen LogP contribution in [0.25, 0.3) is 22.5 Å². The quantitative estimate of drug-likeness (QED) is 0.719. The summed E-state index contributed by atoms with van der Waals surface area (Å²) in [7, 11) is 0. The molecule has 21 heavy (non-hydrogen) atoms. The van der Waals surface area contributed by atoms with Crippen molar-refractivity contribution >= 4 is 29.0 Å². The molecule has 0 bridgehead atoms. The van der Waals surface area contributed by atoms with Crippen LogP contribution in [-0.4, -0.2) is 5.16 Å². The molecule has 0 aliphatic heterocycles. The van der Waals surface area contributed by atoms with Crippen molar-refractivity contribution in [3.63, 3.8) is 0 Å². The van der Waals surface area contributed by atoms with Gasteiger partial charge in [0.2, 0.25) is 0 Å². The minimum Gasteiger partial charge on any atom is -0.380 e. The van der Waals surface area contributed by atoms with Crippen molar-refractivity contribution in [3.8, 4) is 22.5 Å². The molecule has 1 heterocycles. The fourth-order valence-corrected chi connectivity index (χ4v) is 2.40. The molecule has 0 saturated heterocycles. The number of benzene rings is 2. The number of rotatable bonds is 2. The topological polar surface area (TPSA) is 52.0 Å². The van der Waals surface area contributed by atoms with Gasteiger partial charge in [-0.25, -0.2) is 4.39 Å². The van der Waals surface area contributed by atoms with E-state index in [0.717, 1.165) is 5.56 Å². The number of nitrogen functional groups attached to an aromatic ring is 1. The number of hydrogen-bond donors (Lipinski definition) is 1. The number of hydrogen-bond acceptors (Lipinski definition) is 3. The Labute approximate surface area is 130 Å². The van der Waals surface area contributed by atoms with Crippen molar-refractivity contribution in [2.24, 2.45) is 0 Å². The summed E-state index contributed by atoms with van der Waals surface area (Å²) in [6, 6.07) is 11.5. The molecule has 0 fully saturated rings. The van der Waals surface area contributed by atoms with Gasteiger partial charge < -0.3 is 10.3 Å². The lowest BCUT2D eigenvalue weighted by Gasteiger charge is -2.05. The lowest BCUT2D eigenvalue weighted by Crippen LogP contribution is -1.89. The van der Waals surface area contributed by atoms with Crippen LogP contribution in [0.2, 0.25) is 10.0 Å². The number of anilines is 1. The van der Waals surface area contributed by atoms with E-state index in [2.05, 4.69) is 5.16 Å². The van der Waals surface area contributed by atoms with Gasteiger partial charge in [0.1, 0.15) is 5.82 Å². The SMILES string of the molecule is Nc1noc(-c2cccc(F)c2Cl)c1-c1ccc(Cl)cc1. The molecule has 6 heteroatoms. The second-order valence-corrected chi connectivity index (χ2v) is 5.19. The Bertz CT molecular complexity index is 800. The first kappa shape index (κ1) is 13.9. The van der Waals surface area contributed by atoms with Crippen molar-refractivity contribution in [1.82, 2.24) is 5.16 Å². The minimum absolute atomic E-state index is 0.0381. The summed E-state index contributed by atoms with van der Waals surface area (Å²) in [6.07, 6.45) is 0. The second-order valence-electron chi connectivity index (χ2n) is 4.38. The highest BCUT2D eigenvalue weighted by Crippen LogP contribution is 2.40. The monoisotopic (exact) mass is 322 g/mol. The maximum Gasteiger partial charge on any atom is 0.178 e. The van der Waals surface area contributed by atoms with Gasteiger partial charge in [0.25, 0.3) is 0 Å². The van der Waals surface area contributed by atoms with Crippen LogP contribution in [0.1, 0.15) is 0 Å². The van der Waals surface area contributed by atoms with Gasteiger partial charge in [-0.15, -0.1) is 0 Å². The molecule has 1 aromatic heterocycles. The molecule has 2 aromatic carbocycles. The van der Waals surface area contributed by atoms with E-state index in [4.69, 9.17) is 33.5 Å². The van der Waals surface area contributed by atoms with Crippen LogP contribution in [-0.2, 0) is 0 Å². The molecule has 0 amide bonds. The van der Waals surface area contributed by atoms with E-state index in [1.165, 1.54) is 6.07 Å². The van der Waals surface area contributed by atoms with Crippen LogP contribution >= 0.6 is 23.2 Å². The molecular weight excluding hydrogens is 314 g/mol. The third-order valence-corrected chi connectivity index (χ3v) is 3.68. The van der Waals surface area contributed by atoms with Crippen molar-refractivity contribution < 1.29 is 8.91 Å². The molecule has 0 saturated carbocycles. The zero-order valence-electron chi connectivity index (χ0n) is 10.6. The van der Waals surface area contributed by atoms with Gasteiger partial charge in [0, 0.05) is 10.6 Å². The van der Waals surface area contributed by atoms with Crippen LogP contribution in [0.5, 0.6) is 0 Å². The Morgan fingerprint density at radius 2 is 1.76 bits per heavy atom. The number of nitrogens with zero attached hydrogens (tertiary/aromatic N) is 1. The summed E-state index contributed by atoms with van der Waals surface area (Å²) >= 11 is 11.9. The predicted octanol–water partition coefficient (Wildman–Crippen LogP) is 5.04. The predicted molar refractivity (Wildman–Crippen MR) is 81.8 cm³/mol. The van der Waals surface area contributed by atoms with Crippen molar-refractivity contribution in [2.45, 2.75) is 0 Å². The zero-order valence-corrected chi connectivity index (χ0v) is 12.1. The molecule has 3 aromatic rings. The van der Waals surface area contributed by atoms with E-state index < -0.39 is 5.82 Å². The van der Waals surface area contributed by atoms with E-state index >= 15 is 0 Å². The summed E-state index contributed by atoms with van der Waals surface area (Å²) in [4.78, 5) is 0. The van der Waals surface area contributed by atoms with Crippen LogP contribution in [0.15, 0.2) is 47.0 Å². The van der Waals surface area contributed by atoms with E-state index in [0.29, 0.717) is 21.9 Å². The average Bonchev–Trinajstić information content (AvgIpc) is 2.85. The Morgan fingerprint density at radius 3 is 2.48 bits per heavy atom. The molecule has 0 radical (unpaired) electrons. The van der Waals surface area contributed by atoms with Gasteiger partial charge in [-0.2, -0.15) is 0 Å². The Balaban J connectivity index is 2.22. The molecule has 0 aliphatic carbocycles. The average molecular weight is 323 g/mol. The molecule has 3 rings (SSSR count). The standard InChI is InChI=1S/C15H9Cl2FN2O/c16-9-6-4-8(5-7-9)12-14(21-20-15(12)19)10-2-1-3-11(18)13(10)17/h1-7H,(H2,19,20). The number of aromatic nitrogens is 1. The van der Waals surface area contributed by atoms with Crippen LogP contribution in [0.3, 0.4) is 0 Å². The van der Waals surface area contributed by atoms with Gasteiger partial charge in [0.15, 0.2) is 11.6 Å². The van der Waals surface area contributed by atoms with Crippen LogP contribution in [0, 0.1) is 5.82 Å². The Kier molecular flexibility index (Phi) is 3.57. The first-order valence-electron chi connectivity index (χ1n) is 6.03. The van der Waals surface area contributed by atoms with Gasteiger partial charge in [-0.1, -0.05) is 46.6 Å². The van der Waals surface area contributed by atoms with E-state index in [1.54, 1.807) is 36.4 Å². The van der Waals surface area contributed by atoms with Crippen molar-refractivity contribution in [3.05, 3.63) is 58.3 Å². The van der Waals surface area contributed by atoms with Crippen molar-refractivity contribution in [1.29, 1.82) is 0 Å². The first-order chi connectivity index (χ1) is 10.1. The third kappa shape index (κ3) is 2.48. The Morgan fingerprint density at radius 1 is 1.05 bits per heavy atom. The highest BCUT2D eigenvalue weighted by atomic mass is 35.5. The molecule has 0 aliphatic rings. The molecule has 0 unspecified atom stereocenters. The molecule has 0 spiro atoms. The second kappa shape index (κ2) is 5.39. The first-order valence-corrected chi connectivity index (χ1v) is 6.79. The third-order valence-electron chi connectivity index (χ3n) is 3.05. The van der Waals surface area contributed by atoms with Gasteiger partial charge >= 0.3 is 0 Å². The fourth-order valence-electron chi connectivity index (χ4n) is 2.06. The van der Waals surface area contributed by atoms with E-state index in [-0.39, 0.29) is 10.8 Å². The number of nitrogens with two attached hydrogens (primary N) is 1. The maximum absolute atomic E-state index is 13.6. The lowest BCUT2D eigenvalue weighted by atomic mass is 10.0. The van der Waals surface area contributed by atoms with Crippen LogP contribution < -0.4 is 5.73 Å². The minimum atomic E-state index is -0.536. The van der Waals surface area contributed by atoms with Gasteiger partial charge in [-0.3, -0.25) is 0 Å². The molecular formula is C15H9Cl2FN2O. The van der Waals surface area contributed by atoms with Crippen LogP contribution in [0.4, 0.5) is 10.2 Å². The van der Waals surface area contributed by atoms with Gasteiger partial charge in [-0.05, 0) is 29.8 Å².